The van der Waals surface area contributed by atoms with Crippen LogP contribution in [0.4, 0.5) is 0 Å². The highest BCUT2D eigenvalue weighted by Gasteiger charge is 2.22. The first kappa shape index (κ1) is 18.1. The Labute approximate surface area is 153 Å². The van der Waals surface area contributed by atoms with Crippen LogP contribution in [0.25, 0.3) is 0 Å². The predicted molar refractivity (Wildman–Crippen MR) is 100 cm³/mol. The number of carbonyl (C=O) groups is 1. The average Bonchev–Trinajstić information content (AvgIpc) is 3.31. The van der Waals surface area contributed by atoms with E-state index in [2.05, 4.69) is 34.4 Å². The molecule has 5 nitrogen and oxygen atoms in total. The Morgan fingerprint density at radius 2 is 2.16 bits per heavy atom. The Bertz CT molecular complexity index is 688. The van der Waals surface area contributed by atoms with E-state index in [1.54, 1.807) is 17.4 Å². The van der Waals surface area contributed by atoms with E-state index in [4.69, 9.17) is 4.42 Å². The van der Waals surface area contributed by atoms with Crippen LogP contribution in [0.3, 0.4) is 0 Å². The molecule has 0 aliphatic carbocycles. The van der Waals surface area contributed by atoms with Crippen LogP contribution in [0.5, 0.6) is 0 Å². The van der Waals surface area contributed by atoms with Crippen LogP contribution in [0, 0.1) is 0 Å². The average molecular weight is 362 g/mol. The lowest BCUT2D eigenvalue weighted by Gasteiger charge is -2.31. The number of rotatable bonds is 7. The maximum Gasteiger partial charge on any atom is 0.287 e. The summed E-state index contributed by atoms with van der Waals surface area (Å²) in [5.74, 6) is 1.12. The standard InChI is InChI=1S/C19H27N3O2S/c1-3-18-21-15(13-25-18)9-10-20-19(23)17-8-7-16(24-17)14(2)22-11-5-4-6-12-22/h7-8,13-14H,3-6,9-12H2,1-2H3,(H,20,23). The second kappa shape index (κ2) is 8.63. The van der Waals surface area contributed by atoms with Gasteiger partial charge in [-0.2, -0.15) is 0 Å². The first-order valence-electron chi connectivity index (χ1n) is 9.22. The van der Waals surface area contributed by atoms with E-state index < -0.39 is 0 Å². The number of amides is 1. The third kappa shape index (κ3) is 4.70. The van der Waals surface area contributed by atoms with Crippen molar-refractivity contribution in [3.05, 3.63) is 39.7 Å². The van der Waals surface area contributed by atoms with Gasteiger partial charge >= 0.3 is 0 Å². The van der Waals surface area contributed by atoms with Gasteiger partial charge in [0.2, 0.25) is 0 Å². The number of carbonyl (C=O) groups excluding carboxylic acids is 1. The van der Waals surface area contributed by atoms with Crippen molar-refractivity contribution in [1.29, 1.82) is 0 Å². The summed E-state index contributed by atoms with van der Waals surface area (Å²) in [5.41, 5.74) is 1.04. The SMILES string of the molecule is CCc1nc(CCNC(=O)c2ccc(C(C)N3CCCCC3)o2)cs1. The summed E-state index contributed by atoms with van der Waals surface area (Å²) in [7, 11) is 0. The summed E-state index contributed by atoms with van der Waals surface area (Å²) in [6.45, 7) is 7.04. The van der Waals surface area contributed by atoms with E-state index in [9.17, 15) is 4.79 Å². The highest BCUT2D eigenvalue weighted by atomic mass is 32.1. The van der Waals surface area contributed by atoms with Gasteiger partial charge in [0.15, 0.2) is 5.76 Å². The van der Waals surface area contributed by atoms with Gasteiger partial charge in [0.05, 0.1) is 16.7 Å². The molecule has 3 heterocycles. The number of aryl methyl sites for hydroxylation is 1. The molecule has 1 amide bonds. The smallest absolute Gasteiger partial charge is 0.287 e. The van der Waals surface area contributed by atoms with Gasteiger partial charge in [0.1, 0.15) is 5.76 Å². The molecule has 2 aromatic heterocycles. The lowest BCUT2D eigenvalue weighted by molar-refractivity contribution is 0.0917. The van der Waals surface area contributed by atoms with Crippen LogP contribution in [0.2, 0.25) is 0 Å². The number of thiazole rings is 1. The molecule has 25 heavy (non-hydrogen) atoms. The van der Waals surface area contributed by atoms with Crippen molar-refractivity contribution in [1.82, 2.24) is 15.2 Å². The topological polar surface area (TPSA) is 58.4 Å². The van der Waals surface area contributed by atoms with Crippen LogP contribution in [-0.4, -0.2) is 35.4 Å². The first-order valence-corrected chi connectivity index (χ1v) is 10.1. The fraction of sp³-hybridized carbons (Fsp3) is 0.579. The molecule has 0 aromatic carbocycles. The molecular formula is C19H27N3O2S. The lowest BCUT2D eigenvalue weighted by atomic mass is 10.1. The zero-order valence-electron chi connectivity index (χ0n) is 15.1. The van der Waals surface area contributed by atoms with E-state index in [0.29, 0.717) is 12.3 Å². The monoisotopic (exact) mass is 361 g/mol. The predicted octanol–water partition coefficient (Wildman–Crippen LogP) is 3.82. The number of piperidine rings is 1. The Balaban J connectivity index is 1.49. The molecule has 1 fully saturated rings. The van der Waals surface area contributed by atoms with E-state index in [-0.39, 0.29) is 11.9 Å². The third-order valence-corrected chi connectivity index (χ3v) is 5.81. The molecule has 3 rings (SSSR count). The van der Waals surface area contributed by atoms with E-state index in [1.807, 2.05) is 6.07 Å². The van der Waals surface area contributed by atoms with Crippen molar-refractivity contribution in [2.45, 2.75) is 52.0 Å². The van der Waals surface area contributed by atoms with Gasteiger partial charge in [-0.3, -0.25) is 9.69 Å². The van der Waals surface area contributed by atoms with Crippen molar-refractivity contribution in [3.63, 3.8) is 0 Å². The van der Waals surface area contributed by atoms with Gasteiger partial charge in [0.25, 0.3) is 5.91 Å². The first-order chi connectivity index (χ1) is 12.2. The minimum Gasteiger partial charge on any atom is -0.454 e. The van der Waals surface area contributed by atoms with Crippen LogP contribution >= 0.6 is 11.3 Å². The molecule has 0 spiro atoms. The van der Waals surface area contributed by atoms with Gasteiger partial charge < -0.3 is 9.73 Å². The van der Waals surface area contributed by atoms with Gasteiger partial charge in [-0.25, -0.2) is 4.98 Å². The van der Waals surface area contributed by atoms with Gasteiger partial charge in [-0.05, 0) is 51.4 Å². The molecule has 0 saturated carbocycles. The molecule has 1 atom stereocenters. The van der Waals surface area contributed by atoms with Crippen molar-refractivity contribution >= 4 is 17.2 Å². The summed E-state index contributed by atoms with van der Waals surface area (Å²) in [6.07, 6.45) is 5.51. The Morgan fingerprint density at radius 1 is 1.36 bits per heavy atom. The molecular weight excluding hydrogens is 334 g/mol. The van der Waals surface area contributed by atoms with Crippen LogP contribution in [0.15, 0.2) is 21.9 Å². The minimum absolute atomic E-state index is 0.150. The van der Waals surface area contributed by atoms with Crippen LogP contribution in [0.1, 0.15) is 66.2 Å². The second-order valence-corrected chi connectivity index (χ2v) is 7.51. The number of hydrogen-bond donors (Lipinski definition) is 1. The van der Waals surface area contributed by atoms with E-state index >= 15 is 0 Å². The zero-order chi connectivity index (χ0) is 17.6. The Hall–Kier alpha value is -1.66. The Kier molecular flexibility index (Phi) is 6.26. The highest BCUT2D eigenvalue weighted by molar-refractivity contribution is 7.09. The molecule has 1 N–H and O–H groups in total. The Morgan fingerprint density at radius 3 is 2.88 bits per heavy atom. The molecule has 1 unspecified atom stereocenters. The maximum absolute atomic E-state index is 12.3. The van der Waals surface area contributed by atoms with Crippen molar-refractivity contribution < 1.29 is 9.21 Å². The lowest BCUT2D eigenvalue weighted by Crippen LogP contribution is -2.32. The van der Waals surface area contributed by atoms with Gasteiger partial charge in [0, 0.05) is 18.3 Å². The molecule has 0 bridgehead atoms. The number of nitrogens with zero attached hydrogens (tertiary/aromatic N) is 2. The number of aromatic nitrogens is 1. The number of nitrogens with one attached hydrogen (secondary N) is 1. The summed E-state index contributed by atoms with van der Waals surface area (Å²) in [5, 5.41) is 6.13. The number of hydrogen-bond acceptors (Lipinski definition) is 5. The molecule has 2 aromatic rings. The second-order valence-electron chi connectivity index (χ2n) is 6.57. The quantitative estimate of drug-likeness (QED) is 0.814. The van der Waals surface area contributed by atoms with Crippen LogP contribution in [-0.2, 0) is 12.8 Å². The van der Waals surface area contributed by atoms with Crippen molar-refractivity contribution in [2.24, 2.45) is 0 Å². The maximum atomic E-state index is 12.3. The molecule has 1 aliphatic rings. The van der Waals surface area contributed by atoms with E-state index in [0.717, 1.165) is 42.4 Å². The highest BCUT2D eigenvalue weighted by Crippen LogP contribution is 2.25. The van der Waals surface area contributed by atoms with Crippen molar-refractivity contribution in [3.8, 4) is 0 Å². The number of furan rings is 1. The fourth-order valence-corrected chi connectivity index (χ4v) is 3.98. The molecule has 1 saturated heterocycles. The third-order valence-electron chi connectivity index (χ3n) is 4.77. The molecule has 0 radical (unpaired) electrons. The van der Waals surface area contributed by atoms with Gasteiger partial charge in [-0.15, -0.1) is 11.3 Å². The normalized spacial score (nSPS) is 16.7. The summed E-state index contributed by atoms with van der Waals surface area (Å²) < 4.78 is 5.82. The van der Waals surface area contributed by atoms with Crippen LogP contribution < -0.4 is 5.32 Å². The van der Waals surface area contributed by atoms with Crippen molar-refractivity contribution in [2.75, 3.05) is 19.6 Å². The van der Waals surface area contributed by atoms with Gasteiger partial charge in [-0.1, -0.05) is 13.3 Å². The number of likely N-dealkylation sites (tertiary alicyclic amines) is 1. The largest absolute Gasteiger partial charge is 0.454 e. The molecule has 136 valence electrons. The summed E-state index contributed by atoms with van der Waals surface area (Å²) in [4.78, 5) is 19.2. The minimum atomic E-state index is -0.150. The molecule has 6 heteroatoms. The molecule has 1 aliphatic heterocycles. The zero-order valence-corrected chi connectivity index (χ0v) is 15.9. The summed E-state index contributed by atoms with van der Waals surface area (Å²) >= 11 is 1.68. The fourth-order valence-electron chi connectivity index (χ4n) is 3.20. The van der Waals surface area contributed by atoms with E-state index in [1.165, 1.54) is 19.3 Å². The summed E-state index contributed by atoms with van der Waals surface area (Å²) in [6, 6.07) is 3.94.